The molecule has 0 saturated heterocycles. The minimum absolute atomic E-state index is 0.471. The third kappa shape index (κ3) is 1.80. The van der Waals surface area contributed by atoms with E-state index in [2.05, 4.69) is 20.9 Å². The molecule has 0 aliphatic rings. The molecule has 1 heterocycles. The summed E-state index contributed by atoms with van der Waals surface area (Å²) in [4.78, 5) is 4.30. The smallest absolute Gasteiger partial charge is 0.264 e. The summed E-state index contributed by atoms with van der Waals surface area (Å²) in [6.07, 6.45) is 1.62. The molecule has 0 fully saturated rings. The normalized spacial score (nSPS) is 10.0. The largest absolute Gasteiger partial charge is 0.434 e. The van der Waals surface area contributed by atoms with Crippen LogP contribution in [0.5, 0.6) is 0 Å². The summed E-state index contributed by atoms with van der Waals surface area (Å²) in [6.45, 7) is 0.471. The summed E-state index contributed by atoms with van der Waals surface area (Å²) in [5.74, 6) is 0.726. The Balaban J connectivity index is 2.61. The van der Waals surface area contributed by atoms with Crippen LogP contribution in [0.25, 0.3) is 0 Å². The molecule has 50 valence electrons. The zero-order valence-electron chi connectivity index (χ0n) is 4.93. The zero-order chi connectivity index (χ0) is 6.69. The van der Waals surface area contributed by atoms with E-state index in [1.807, 2.05) is 0 Å². The van der Waals surface area contributed by atoms with Crippen molar-refractivity contribution in [1.82, 2.24) is 4.98 Å². The lowest BCUT2D eigenvalue weighted by Gasteiger charge is -1.88. The number of aromatic nitrogens is 1. The van der Waals surface area contributed by atoms with Crippen molar-refractivity contribution in [1.29, 1.82) is 0 Å². The van der Waals surface area contributed by atoms with Crippen LogP contribution in [0, 0.1) is 0 Å². The molecule has 0 atom stereocenters. The molecule has 1 aromatic rings. The first-order valence-corrected chi connectivity index (χ1v) is 3.21. The molecule has 0 bridgehead atoms. The van der Waals surface area contributed by atoms with Crippen molar-refractivity contribution in [2.24, 2.45) is 0 Å². The highest BCUT2D eigenvalue weighted by molar-refractivity contribution is 9.10. The maximum absolute atomic E-state index is 5.00. The van der Waals surface area contributed by atoms with Gasteiger partial charge in [0, 0.05) is 23.0 Å². The van der Waals surface area contributed by atoms with E-state index in [0.29, 0.717) is 11.4 Å². The third-order valence-corrected chi connectivity index (χ3v) is 1.18. The zero-order valence-corrected chi connectivity index (χ0v) is 6.51. The van der Waals surface area contributed by atoms with Gasteiger partial charge in [0.05, 0.1) is 6.20 Å². The second-order valence-corrected chi connectivity index (χ2v) is 2.19. The molecule has 0 spiro atoms. The maximum Gasteiger partial charge on any atom is 0.264 e. The van der Waals surface area contributed by atoms with Crippen molar-refractivity contribution in [2.75, 3.05) is 7.11 Å². The van der Waals surface area contributed by atoms with Gasteiger partial charge in [-0.3, -0.25) is 0 Å². The van der Waals surface area contributed by atoms with Gasteiger partial charge in [0.1, 0.15) is 6.61 Å². The quantitative estimate of drug-likeness (QED) is 0.713. The van der Waals surface area contributed by atoms with Crippen LogP contribution < -0.4 is 0 Å². The molecule has 0 aliphatic carbocycles. The van der Waals surface area contributed by atoms with Crippen LogP contribution in [0.4, 0.5) is 0 Å². The van der Waals surface area contributed by atoms with E-state index in [1.165, 1.54) is 0 Å². The van der Waals surface area contributed by atoms with E-state index in [0.717, 1.165) is 5.76 Å². The summed E-state index contributed by atoms with van der Waals surface area (Å²) in [6, 6.07) is 0. The lowest BCUT2D eigenvalue weighted by molar-refractivity contribution is 0.163. The van der Waals surface area contributed by atoms with Crippen LogP contribution in [0.15, 0.2) is 15.4 Å². The highest BCUT2D eigenvalue weighted by atomic mass is 79.9. The molecule has 1 aromatic heterocycles. The van der Waals surface area contributed by atoms with Crippen molar-refractivity contribution in [3.8, 4) is 0 Å². The van der Waals surface area contributed by atoms with E-state index in [9.17, 15) is 0 Å². The molecule has 9 heavy (non-hydrogen) atoms. The molecule has 4 heteroatoms. The van der Waals surface area contributed by atoms with E-state index >= 15 is 0 Å². The first-order valence-electron chi connectivity index (χ1n) is 2.42. The minimum Gasteiger partial charge on any atom is -0.434 e. The fourth-order valence-electron chi connectivity index (χ4n) is 0.493. The van der Waals surface area contributed by atoms with Gasteiger partial charge in [0.2, 0.25) is 0 Å². The minimum atomic E-state index is 0.471. The van der Waals surface area contributed by atoms with Gasteiger partial charge >= 0.3 is 0 Å². The molecule has 0 unspecified atom stereocenters. The lowest BCUT2D eigenvalue weighted by Crippen LogP contribution is -1.81. The number of methoxy groups -OCH3 is 1. The van der Waals surface area contributed by atoms with Crippen LogP contribution in [0.2, 0.25) is 0 Å². The van der Waals surface area contributed by atoms with Gasteiger partial charge in [-0.25, -0.2) is 4.98 Å². The molecule has 0 radical (unpaired) electrons. The second-order valence-electron chi connectivity index (χ2n) is 1.51. The predicted molar refractivity (Wildman–Crippen MR) is 34.9 cm³/mol. The molecular formula is C5H6BrNO2. The third-order valence-electron chi connectivity index (χ3n) is 0.812. The molecule has 0 saturated carbocycles. The Morgan fingerprint density at radius 2 is 2.67 bits per heavy atom. The average Bonchev–Trinajstić information content (AvgIpc) is 2.17. The van der Waals surface area contributed by atoms with Crippen molar-refractivity contribution >= 4 is 15.9 Å². The van der Waals surface area contributed by atoms with Crippen LogP contribution in [-0.2, 0) is 11.3 Å². The number of hydrogen-bond acceptors (Lipinski definition) is 3. The first-order chi connectivity index (χ1) is 4.33. The number of nitrogens with zero attached hydrogens (tertiary/aromatic N) is 1. The Morgan fingerprint density at radius 3 is 3.11 bits per heavy atom. The molecule has 0 aliphatic heterocycles. The second kappa shape index (κ2) is 2.98. The highest BCUT2D eigenvalue weighted by Crippen LogP contribution is 2.09. The van der Waals surface area contributed by atoms with Crippen molar-refractivity contribution in [3.63, 3.8) is 0 Å². The van der Waals surface area contributed by atoms with E-state index < -0.39 is 0 Å². The number of rotatable bonds is 2. The highest BCUT2D eigenvalue weighted by Gasteiger charge is 1.97. The topological polar surface area (TPSA) is 35.3 Å². The molecular weight excluding hydrogens is 186 g/mol. The monoisotopic (exact) mass is 191 g/mol. The SMILES string of the molecule is COCc1cnc(Br)o1. The molecule has 0 amide bonds. The van der Waals surface area contributed by atoms with E-state index in [4.69, 9.17) is 9.15 Å². The van der Waals surface area contributed by atoms with Gasteiger partial charge in [0.15, 0.2) is 5.76 Å². The van der Waals surface area contributed by atoms with Crippen LogP contribution >= 0.6 is 15.9 Å². The Labute approximate surface area is 61.2 Å². The van der Waals surface area contributed by atoms with E-state index in [1.54, 1.807) is 13.3 Å². The molecule has 1 rings (SSSR count). The summed E-state index contributed by atoms with van der Waals surface area (Å²) < 4.78 is 9.79. The van der Waals surface area contributed by atoms with Gasteiger partial charge in [-0.2, -0.15) is 0 Å². The molecule has 3 nitrogen and oxygen atoms in total. The molecule has 0 aromatic carbocycles. The van der Waals surface area contributed by atoms with E-state index in [-0.39, 0.29) is 0 Å². The number of oxazole rings is 1. The maximum atomic E-state index is 5.00. The summed E-state index contributed by atoms with van der Waals surface area (Å²) in [5.41, 5.74) is 0. The van der Waals surface area contributed by atoms with Crippen molar-refractivity contribution < 1.29 is 9.15 Å². The fraction of sp³-hybridized carbons (Fsp3) is 0.400. The summed E-state index contributed by atoms with van der Waals surface area (Å²) in [7, 11) is 1.61. The fourth-order valence-corrected chi connectivity index (χ4v) is 0.803. The Hall–Kier alpha value is -0.350. The Bertz CT molecular complexity index is 187. The summed E-state index contributed by atoms with van der Waals surface area (Å²) in [5, 5.41) is 0. The van der Waals surface area contributed by atoms with Crippen LogP contribution in [-0.4, -0.2) is 12.1 Å². The van der Waals surface area contributed by atoms with Crippen molar-refractivity contribution in [3.05, 3.63) is 16.8 Å². The van der Waals surface area contributed by atoms with Gasteiger partial charge in [-0.15, -0.1) is 0 Å². The summed E-state index contributed by atoms with van der Waals surface area (Å²) >= 11 is 3.07. The number of hydrogen-bond donors (Lipinski definition) is 0. The van der Waals surface area contributed by atoms with Gasteiger partial charge in [-0.05, 0) is 0 Å². The Kier molecular flexibility index (Phi) is 2.24. The number of halogens is 1. The van der Waals surface area contributed by atoms with Crippen LogP contribution in [0.3, 0.4) is 0 Å². The van der Waals surface area contributed by atoms with Gasteiger partial charge in [-0.1, -0.05) is 0 Å². The number of ether oxygens (including phenoxy) is 1. The van der Waals surface area contributed by atoms with Crippen molar-refractivity contribution in [2.45, 2.75) is 6.61 Å². The standard InChI is InChI=1S/C5H6BrNO2/c1-8-3-4-2-7-5(6)9-4/h2H,3H2,1H3. The molecule has 0 N–H and O–H groups in total. The average molecular weight is 192 g/mol. The first kappa shape index (κ1) is 6.77. The predicted octanol–water partition coefficient (Wildman–Crippen LogP) is 1.58. The Morgan fingerprint density at radius 1 is 1.89 bits per heavy atom. The van der Waals surface area contributed by atoms with Crippen LogP contribution in [0.1, 0.15) is 5.76 Å². The van der Waals surface area contributed by atoms with Gasteiger partial charge < -0.3 is 9.15 Å². The van der Waals surface area contributed by atoms with Gasteiger partial charge in [0.25, 0.3) is 4.80 Å². The lowest BCUT2D eigenvalue weighted by atomic mass is 10.6.